The number of allylic oxidation sites excluding steroid dienone is 2. The van der Waals surface area contributed by atoms with Gasteiger partial charge in [-0.1, -0.05) is 13.0 Å². The van der Waals surface area contributed by atoms with Crippen LogP contribution in [0.2, 0.25) is 0 Å². The molecule has 0 aromatic carbocycles. The Kier molecular flexibility index (Phi) is 4.32. The van der Waals surface area contributed by atoms with Crippen molar-refractivity contribution < 1.29 is 0 Å². The molecule has 15 heavy (non-hydrogen) atoms. The van der Waals surface area contributed by atoms with E-state index in [4.69, 9.17) is 0 Å². The van der Waals surface area contributed by atoms with Crippen LogP contribution in [0.4, 0.5) is 0 Å². The molecule has 0 aromatic rings. The summed E-state index contributed by atoms with van der Waals surface area (Å²) in [4.78, 5) is 2.41. The molecule has 0 aliphatic carbocycles. The van der Waals surface area contributed by atoms with Gasteiger partial charge in [0.2, 0.25) is 0 Å². The molecule has 0 fully saturated rings. The van der Waals surface area contributed by atoms with E-state index in [1.54, 1.807) is 5.57 Å². The quantitative estimate of drug-likeness (QED) is 0.721. The number of nitrogens with zero attached hydrogens (tertiary/aromatic N) is 1. The van der Waals surface area contributed by atoms with Crippen LogP contribution in [0.3, 0.4) is 0 Å². The largest absolute Gasteiger partial charge is 0.369 e. The maximum atomic E-state index is 2.41. The molecule has 0 aromatic heterocycles. The number of hydrogen-bond donors (Lipinski definition) is 0. The third-order valence-electron chi connectivity index (χ3n) is 2.79. The van der Waals surface area contributed by atoms with Crippen molar-refractivity contribution in [3.05, 3.63) is 23.9 Å². The predicted octanol–water partition coefficient (Wildman–Crippen LogP) is 3.68. The maximum absolute atomic E-state index is 2.41. The van der Waals surface area contributed by atoms with Crippen LogP contribution < -0.4 is 0 Å². The van der Waals surface area contributed by atoms with Gasteiger partial charge in [-0.15, -0.1) is 0 Å². The van der Waals surface area contributed by atoms with Gasteiger partial charge in [-0.05, 0) is 51.3 Å². The van der Waals surface area contributed by atoms with Crippen LogP contribution in [0.15, 0.2) is 23.9 Å². The smallest absolute Gasteiger partial charge is 0.0392 e. The van der Waals surface area contributed by atoms with Gasteiger partial charge >= 0.3 is 0 Å². The Balaban J connectivity index is 2.57. The normalized spacial score (nSPS) is 19.0. The topological polar surface area (TPSA) is 3.24 Å². The highest BCUT2D eigenvalue weighted by Gasteiger charge is 2.20. The van der Waals surface area contributed by atoms with E-state index in [1.165, 1.54) is 6.42 Å². The van der Waals surface area contributed by atoms with E-state index >= 15 is 0 Å². The molecule has 1 nitrogen and oxygen atoms in total. The first kappa shape index (κ1) is 12.7. The lowest BCUT2D eigenvalue weighted by Gasteiger charge is -2.37. The fourth-order valence-electron chi connectivity index (χ4n) is 1.65. The molecular weight excluding hydrogens is 202 g/mol. The molecule has 1 unspecified atom stereocenters. The van der Waals surface area contributed by atoms with Crippen molar-refractivity contribution in [2.75, 3.05) is 12.8 Å². The minimum absolute atomic E-state index is 0.235. The minimum Gasteiger partial charge on any atom is -0.369 e. The zero-order valence-corrected chi connectivity index (χ0v) is 11.4. The summed E-state index contributed by atoms with van der Waals surface area (Å²) in [5, 5.41) is 0.726. The third-order valence-corrected chi connectivity index (χ3v) is 3.76. The number of hydrogen-bond acceptors (Lipinski definition) is 2. The Hall–Kier alpha value is -0.370. The molecule has 0 spiro atoms. The lowest BCUT2D eigenvalue weighted by Crippen LogP contribution is -2.39. The summed E-state index contributed by atoms with van der Waals surface area (Å²) >= 11 is 1.94. The van der Waals surface area contributed by atoms with Crippen LogP contribution in [-0.4, -0.2) is 28.5 Å². The molecule has 0 radical (unpaired) electrons. The van der Waals surface area contributed by atoms with Crippen molar-refractivity contribution in [3.8, 4) is 0 Å². The molecule has 0 saturated carbocycles. The highest BCUT2D eigenvalue weighted by atomic mass is 32.2. The molecule has 0 saturated heterocycles. The van der Waals surface area contributed by atoms with E-state index in [0.717, 1.165) is 11.8 Å². The Morgan fingerprint density at radius 3 is 2.67 bits per heavy atom. The van der Waals surface area contributed by atoms with Crippen LogP contribution in [0.5, 0.6) is 0 Å². The monoisotopic (exact) mass is 225 g/mol. The van der Waals surface area contributed by atoms with Gasteiger partial charge in [-0.2, -0.15) is 11.8 Å². The summed E-state index contributed by atoms with van der Waals surface area (Å²) < 4.78 is 0. The summed E-state index contributed by atoms with van der Waals surface area (Å²) in [7, 11) is 0. The predicted molar refractivity (Wildman–Crippen MR) is 71.3 cm³/mol. The van der Waals surface area contributed by atoms with E-state index in [-0.39, 0.29) is 5.54 Å². The summed E-state index contributed by atoms with van der Waals surface area (Å²) in [5.41, 5.74) is 1.78. The van der Waals surface area contributed by atoms with Gasteiger partial charge in [0, 0.05) is 17.3 Å². The average molecular weight is 225 g/mol. The zero-order chi connectivity index (χ0) is 11.5. The third kappa shape index (κ3) is 3.94. The molecule has 1 heterocycles. The Bertz CT molecular complexity index is 260. The fraction of sp³-hybridized carbons (Fsp3) is 0.692. The number of rotatable bonds is 3. The second-order valence-electron chi connectivity index (χ2n) is 5.22. The number of thioether (sulfide) groups is 1. The van der Waals surface area contributed by atoms with Crippen LogP contribution in [0.25, 0.3) is 0 Å². The molecule has 0 amide bonds. The summed E-state index contributed by atoms with van der Waals surface area (Å²) in [6.07, 6.45) is 10.0. The van der Waals surface area contributed by atoms with Gasteiger partial charge < -0.3 is 4.90 Å². The van der Waals surface area contributed by atoms with E-state index in [2.05, 4.69) is 57.2 Å². The van der Waals surface area contributed by atoms with Crippen molar-refractivity contribution in [1.29, 1.82) is 0 Å². The molecule has 86 valence electrons. The SMILES string of the molecule is CSC(C)CC1=CC=CN(C(C)(C)C)C1. The standard InChI is InChI=1S/C13H23NS/c1-11(15-5)9-12-7-6-8-14(10-12)13(2,3)4/h6-8,11H,9-10H2,1-5H3. The van der Waals surface area contributed by atoms with Crippen molar-refractivity contribution in [2.45, 2.75) is 44.9 Å². The second kappa shape index (κ2) is 5.11. The van der Waals surface area contributed by atoms with Gasteiger partial charge in [0.25, 0.3) is 0 Å². The fourth-order valence-corrected chi connectivity index (χ4v) is 2.03. The van der Waals surface area contributed by atoms with Gasteiger partial charge in [0.15, 0.2) is 0 Å². The lowest BCUT2D eigenvalue weighted by molar-refractivity contribution is 0.218. The average Bonchev–Trinajstić information content (AvgIpc) is 2.17. The maximum Gasteiger partial charge on any atom is 0.0392 e. The summed E-state index contributed by atoms with van der Waals surface area (Å²) in [6.45, 7) is 10.2. The van der Waals surface area contributed by atoms with Gasteiger partial charge in [0.05, 0.1) is 0 Å². The second-order valence-corrected chi connectivity index (χ2v) is 6.49. The molecular formula is C13H23NS. The van der Waals surface area contributed by atoms with Gasteiger partial charge in [0.1, 0.15) is 0 Å². The first-order valence-corrected chi connectivity index (χ1v) is 6.88. The van der Waals surface area contributed by atoms with Crippen LogP contribution in [0, 0.1) is 0 Å². The molecule has 0 bridgehead atoms. The van der Waals surface area contributed by atoms with E-state index in [9.17, 15) is 0 Å². The molecule has 2 heteroatoms. The van der Waals surface area contributed by atoms with Crippen LogP contribution in [-0.2, 0) is 0 Å². The van der Waals surface area contributed by atoms with Crippen molar-refractivity contribution in [2.24, 2.45) is 0 Å². The van der Waals surface area contributed by atoms with Crippen molar-refractivity contribution in [1.82, 2.24) is 4.90 Å². The zero-order valence-electron chi connectivity index (χ0n) is 10.6. The first-order chi connectivity index (χ1) is 6.93. The van der Waals surface area contributed by atoms with E-state index in [0.29, 0.717) is 0 Å². The summed E-state index contributed by atoms with van der Waals surface area (Å²) in [6, 6.07) is 0. The Morgan fingerprint density at radius 1 is 1.47 bits per heavy atom. The van der Waals surface area contributed by atoms with Crippen LogP contribution in [0.1, 0.15) is 34.1 Å². The molecule has 1 aliphatic rings. The molecule has 1 atom stereocenters. The molecule has 1 aliphatic heterocycles. The Labute approximate surface area is 98.6 Å². The van der Waals surface area contributed by atoms with E-state index < -0.39 is 0 Å². The van der Waals surface area contributed by atoms with E-state index in [1.807, 2.05) is 11.8 Å². The highest BCUT2D eigenvalue weighted by Crippen LogP contribution is 2.23. The first-order valence-electron chi connectivity index (χ1n) is 5.59. The van der Waals surface area contributed by atoms with Gasteiger partial charge in [-0.3, -0.25) is 0 Å². The molecule has 0 N–H and O–H groups in total. The van der Waals surface area contributed by atoms with Crippen molar-refractivity contribution in [3.63, 3.8) is 0 Å². The minimum atomic E-state index is 0.235. The highest BCUT2D eigenvalue weighted by molar-refractivity contribution is 7.99. The van der Waals surface area contributed by atoms with Gasteiger partial charge in [-0.25, -0.2) is 0 Å². The summed E-state index contributed by atoms with van der Waals surface area (Å²) in [5.74, 6) is 0. The molecule has 1 rings (SSSR count). The lowest BCUT2D eigenvalue weighted by atomic mass is 10.0. The van der Waals surface area contributed by atoms with Crippen LogP contribution >= 0.6 is 11.8 Å². The Morgan fingerprint density at radius 2 is 2.13 bits per heavy atom. The van der Waals surface area contributed by atoms with Crippen molar-refractivity contribution >= 4 is 11.8 Å².